The highest BCUT2D eigenvalue weighted by atomic mass is 32.2. The lowest BCUT2D eigenvalue weighted by Gasteiger charge is -2.05. The molecule has 0 unspecified atom stereocenters. The van der Waals surface area contributed by atoms with Crippen LogP contribution in [0.3, 0.4) is 0 Å². The van der Waals surface area contributed by atoms with Gasteiger partial charge in [0, 0.05) is 6.07 Å². The Kier molecular flexibility index (Phi) is 4.90. The van der Waals surface area contributed by atoms with Gasteiger partial charge in [0.15, 0.2) is 18.1 Å². The molecular formula is C19H15N3O5S. The van der Waals surface area contributed by atoms with E-state index < -0.39 is 5.91 Å². The lowest BCUT2D eigenvalue weighted by atomic mass is 10.2. The number of nitrogens with two attached hydrogens (primary N) is 1. The highest BCUT2D eigenvalue weighted by molar-refractivity contribution is 8.18. The summed E-state index contributed by atoms with van der Waals surface area (Å²) in [6, 6.07) is 12.4. The fourth-order valence-corrected chi connectivity index (χ4v) is 3.33. The summed E-state index contributed by atoms with van der Waals surface area (Å²) >= 11 is 1.05. The summed E-state index contributed by atoms with van der Waals surface area (Å²) in [6.07, 6.45) is 1.81. The van der Waals surface area contributed by atoms with Crippen molar-refractivity contribution in [3.63, 3.8) is 0 Å². The average molecular weight is 397 g/mol. The van der Waals surface area contributed by atoms with Crippen LogP contribution < -0.4 is 25.3 Å². The zero-order valence-corrected chi connectivity index (χ0v) is 15.3. The van der Waals surface area contributed by atoms with E-state index in [1.165, 1.54) is 0 Å². The number of primary amides is 1. The van der Waals surface area contributed by atoms with E-state index in [2.05, 4.69) is 10.3 Å². The number of ether oxygens (including phenoxy) is 3. The monoisotopic (exact) mass is 397 g/mol. The molecule has 2 aromatic rings. The molecule has 4 rings (SSSR count). The van der Waals surface area contributed by atoms with Gasteiger partial charge in [-0.2, -0.15) is 0 Å². The highest BCUT2D eigenvalue weighted by Gasteiger charge is 2.24. The number of carbonyl (C=O) groups is 2. The Hall–Kier alpha value is -3.46. The lowest BCUT2D eigenvalue weighted by molar-refractivity contribution is -0.119. The Labute approximate surface area is 164 Å². The second-order valence-electron chi connectivity index (χ2n) is 5.85. The Morgan fingerprint density at radius 1 is 1.25 bits per heavy atom. The molecule has 1 fully saturated rings. The number of benzene rings is 2. The molecule has 0 spiro atoms. The average Bonchev–Trinajstić information content (AvgIpc) is 3.26. The topological polar surface area (TPSA) is 112 Å². The molecule has 2 aliphatic rings. The van der Waals surface area contributed by atoms with E-state index >= 15 is 0 Å². The molecule has 0 bridgehead atoms. The maximum Gasteiger partial charge on any atom is 0.289 e. The van der Waals surface area contributed by atoms with Crippen LogP contribution in [-0.4, -0.2) is 30.4 Å². The molecule has 1 saturated heterocycles. The molecule has 0 saturated carbocycles. The van der Waals surface area contributed by atoms with Crippen molar-refractivity contribution in [2.24, 2.45) is 10.7 Å². The molecule has 142 valence electrons. The second kappa shape index (κ2) is 7.65. The largest absolute Gasteiger partial charge is 0.484 e. The van der Waals surface area contributed by atoms with Crippen molar-refractivity contribution in [1.29, 1.82) is 0 Å². The van der Waals surface area contributed by atoms with Crippen molar-refractivity contribution < 1.29 is 23.8 Å². The quantitative estimate of drug-likeness (QED) is 0.802. The van der Waals surface area contributed by atoms with E-state index in [-0.39, 0.29) is 18.6 Å². The predicted molar refractivity (Wildman–Crippen MR) is 105 cm³/mol. The van der Waals surface area contributed by atoms with E-state index in [9.17, 15) is 9.59 Å². The third-order valence-corrected chi connectivity index (χ3v) is 4.61. The first-order valence-corrected chi connectivity index (χ1v) is 9.09. The number of amides is 2. The summed E-state index contributed by atoms with van der Waals surface area (Å²) in [6.45, 7) is -0.0209. The highest BCUT2D eigenvalue weighted by Crippen LogP contribution is 2.36. The van der Waals surface area contributed by atoms with Gasteiger partial charge < -0.3 is 25.3 Å². The fraction of sp³-hybridized carbons (Fsp3) is 0.105. The number of aliphatic imine (C=N–C) groups is 1. The smallest absolute Gasteiger partial charge is 0.289 e. The van der Waals surface area contributed by atoms with Crippen molar-refractivity contribution >= 4 is 40.5 Å². The van der Waals surface area contributed by atoms with Crippen LogP contribution in [0.4, 0.5) is 10.5 Å². The van der Waals surface area contributed by atoms with Gasteiger partial charge >= 0.3 is 0 Å². The molecular weight excluding hydrogens is 382 g/mol. The van der Waals surface area contributed by atoms with Gasteiger partial charge in [-0.3, -0.25) is 9.59 Å². The standard InChI is InChI=1S/C19H15N3O5S/c20-17(23)9-25-13-3-1-2-11(6-13)7-16-18(22-19(24)28-16)21-12-4-5-14-15(8-12)27-10-26-14/h1-8H,9-10H2,(H2,20,23)(H,21,22,24). The molecule has 2 heterocycles. The van der Waals surface area contributed by atoms with Gasteiger partial charge in [0.1, 0.15) is 11.6 Å². The van der Waals surface area contributed by atoms with Crippen LogP contribution in [0.2, 0.25) is 0 Å². The maximum absolute atomic E-state index is 11.9. The normalized spacial score (nSPS) is 17.8. The van der Waals surface area contributed by atoms with Gasteiger partial charge in [-0.1, -0.05) is 12.1 Å². The zero-order chi connectivity index (χ0) is 19.5. The molecule has 0 radical (unpaired) electrons. The molecule has 0 aromatic heterocycles. The van der Waals surface area contributed by atoms with Gasteiger partial charge in [0.05, 0.1) is 10.6 Å². The second-order valence-corrected chi connectivity index (χ2v) is 6.86. The van der Waals surface area contributed by atoms with Crippen LogP contribution in [0.1, 0.15) is 5.56 Å². The summed E-state index contributed by atoms with van der Waals surface area (Å²) in [7, 11) is 0. The van der Waals surface area contributed by atoms with Crippen molar-refractivity contribution in [2.75, 3.05) is 13.4 Å². The first-order chi connectivity index (χ1) is 13.6. The Morgan fingerprint density at radius 2 is 2.11 bits per heavy atom. The van der Waals surface area contributed by atoms with E-state index in [1.807, 2.05) is 12.1 Å². The van der Waals surface area contributed by atoms with Crippen molar-refractivity contribution in [3.05, 3.63) is 52.9 Å². The number of carbonyl (C=O) groups excluding carboxylic acids is 2. The number of amidine groups is 1. The summed E-state index contributed by atoms with van der Waals surface area (Å²) in [4.78, 5) is 27.9. The number of thioether (sulfide) groups is 1. The molecule has 0 atom stereocenters. The lowest BCUT2D eigenvalue weighted by Crippen LogP contribution is -2.20. The minimum absolute atomic E-state index is 0.182. The molecule has 2 aliphatic heterocycles. The van der Waals surface area contributed by atoms with Crippen LogP contribution >= 0.6 is 11.8 Å². The van der Waals surface area contributed by atoms with Gasteiger partial charge in [-0.25, -0.2) is 4.99 Å². The number of nitrogens with zero attached hydrogens (tertiary/aromatic N) is 1. The van der Waals surface area contributed by atoms with Crippen LogP contribution in [0.5, 0.6) is 17.2 Å². The van der Waals surface area contributed by atoms with E-state index in [1.54, 1.807) is 36.4 Å². The first kappa shape index (κ1) is 17.9. The third kappa shape index (κ3) is 4.09. The SMILES string of the molecule is NC(=O)COc1cccc(C=C2SC(=O)NC2=Nc2ccc3c(c2)OCO3)c1. The molecule has 2 aromatic carbocycles. The molecule has 2 amide bonds. The summed E-state index contributed by atoms with van der Waals surface area (Å²) in [5.41, 5.74) is 6.52. The first-order valence-electron chi connectivity index (χ1n) is 8.27. The number of rotatable bonds is 5. The summed E-state index contributed by atoms with van der Waals surface area (Å²) in [5, 5.41) is 2.52. The molecule has 9 heteroatoms. The molecule has 3 N–H and O–H groups in total. The van der Waals surface area contributed by atoms with Crippen molar-refractivity contribution in [1.82, 2.24) is 5.32 Å². The third-order valence-electron chi connectivity index (χ3n) is 3.79. The summed E-state index contributed by atoms with van der Waals surface area (Å²) < 4.78 is 16.0. The Bertz CT molecular complexity index is 1020. The zero-order valence-electron chi connectivity index (χ0n) is 14.5. The molecule has 8 nitrogen and oxygen atoms in total. The van der Waals surface area contributed by atoms with Crippen LogP contribution in [-0.2, 0) is 4.79 Å². The number of hydrogen-bond acceptors (Lipinski definition) is 7. The number of nitrogens with one attached hydrogen (secondary N) is 1. The van der Waals surface area contributed by atoms with E-state index in [4.69, 9.17) is 19.9 Å². The minimum atomic E-state index is -0.553. The number of fused-ring (bicyclic) bond motifs is 1. The van der Waals surface area contributed by atoms with Crippen LogP contribution in [0.25, 0.3) is 6.08 Å². The minimum Gasteiger partial charge on any atom is -0.484 e. The fourth-order valence-electron chi connectivity index (χ4n) is 2.60. The predicted octanol–water partition coefficient (Wildman–Crippen LogP) is 2.81. The van der Waals surface area contributed by atoms with Gasteiger partial charge in [-0.05, 0) is 47.7 Å². The van der Waals surface area contributed by atoms with Gasteiger partial charge in [-0.15, -0.1) is 0 Å². The molecule has 28 heavy (non-hydrogen) atoms. The van der Waals surface area contributed by atoms with Gasteiger partial charge in [0.25, 0.3) is 11.1 Å². The van der Waals surface area contributed by atoms with Gasteiger partial charge in [0.2, 0.25) is 6.79 Å². The van der Waals surface area contributed by atoms with Crippen LogP contribution in [0, 0.1) is 0 Å². The number of hydrogen-bond donors (Lipinski definition) is 2. The summed E-state index contributed by atoms with van der Waals surface area (Å²) in [5.74, 6) is 1.67. The Morgan fingerprint density at radius 3 is 2.96 bits per heavy atom. The Balaban J connectivity index is 1.60. The van der Waals surface area contributed by atoms with Crippen molar-refractivity contribution in [3.8, 4) is 17.2 Å². The van der Waals surface area contributed by atoms with Crippen molar-refractivity contribution in [2.45, 2.75) is 0 Å². The molecule has 0 aliphatic carbocycles. The van der Waals surface area contributed by atoms with E-state index in [0.717, 1.165) is 17.3 Å². The van der Waals surface area contributed by atoms with E-state index in [0.29, 0.717) is 33.7 Å². The maximum atomic E-state index is 11.9. The van der Waals surface area contributed by atoms with Crippen LogP contribution in [0.15, 0.2) is 52.4 Å².